The summed E-state index contributed by atoms with van der Waals surface area (Å²) in [7, 11) is 1.55. The third kappa shape index (κ3) is 3.99. The number of nitrogens with zero attached hydrogens (tertiary/aromatic N) is 2. The van der Waals surface area contributed by atoms with Crippen LogP contribution in [0.25, 0.3) is 0 Å². The van der Waals surface area contributed by atoms with Gasteiger partial charge in [0, 0.05) is 19.7 Å². The van der Waals surface area contributed by atoms with Crippen LogP contribution in [0, 0.1) is 0 Å². The predicted molar refractivity (Wildman–Crippen MR) is 64.8 cm³/mol. The number of aliphatic hydroxyl groups excluding tert-OH is 1. The van der Waals surface area contributed by atoms with Crippen molar-refractivity contribution < 1.29 is 9.90 Å². The van der Waals surface area contributed by atoms with Crippen LogP contribution in [-0.2, 0) is 0 Å². The summed E-state index contributed by atoms with van der Waals surface area (Å²) in [5.74, 6) is 0.351. The largest absolute Gasteiger partial charge is 0.396 e. The van der Waals surface area contributed by atoms with Gasteiger partial charge in [0.1, 0.15) is 5.82 Å². The van der Waals surface area contributed by atoms with Crippen molar-refractivity contribution >= 4 is 11.7 Å². The van der Waals surface area contributed by atoms with Crippen molar-refractivity contribution in [2.75, 3.05) is 19.0 Å². The lowest BCUT2D eigenvalue weighted by atomic mass is 10.1. The molecule has 6 nitrogen and oxygen atoms in total. The summed E-state index contributed by atoms with van der Waals surface area (Å²) >= 11 is 0. The van der Waals surface area contributed by atoms with Gasteiger partial charge in [-0.2, -0.15) is 0 Å². The number of hydrogen-bond donors (Lipinski definition) is 3. The van der Waals surface area contributed by atoms with E-state index in [9.17, 15) is 4.79 Å². The number of nitrogens with one attached hydrogen (secondary N) is 2. The maximum absolute atomic E-state index is 11.2. The van der Waals surface area contributed by atoms with E-state index in [4.69, 9.17) is 5.11 Å². The molecule has 1 heterocycles. The summed E-state index contributed by atoms with van der Waals surface area (Å²) in [6.07, 6.45) is 1.55. The van der Waals surface area contributed by atoms with Gasteiger partial charge in [0.05, 0.1) is 0 Å². The Bertz CT molecular complexity index is 353. The fourth-order valence-corrected chi connectivity index (χ4v) is 1.40. The van der Waals surface area contributed by atoms with Gasteiger partial charge in [0.15, 0.2) is 5.69 Å². The first-order valence-electron chi connectivity index (χ1n) is 5.64. The SMILES string of the molecule is CCC(CCO)Nc1ccc(C(=O)NC)nn1. The summed E-state index contributed by atoms with van der Waals surface area (Å²) in [4.78, 5) is 11.2. The average molecular weight is 238 g/mol. The number of carbonyl (C=O) groups excluding carboxylic acids is 1. The highest BCUT2D eigenvalue weighted by atomic mass is 16.3. The van der Waals surface area contributed by atoms with Crippen LogP contribution in [0.2, 0.25) is 0 Å². The molecule has 0 aromatic carbocycles. The molecule has 1 aromatic rings. The van der Waals surface area contributed by atoms with E-state index >= 15 is 0 Å². The highest BCUT2D eigenvalue weighted by molar-refractivity contribution is 5.91. The summed E-state index contributed by atoms with van der Waals surface area (Å²) in [5, 5.41) is 22.2. The van der Waals surface area contributed by atoms with Crippen molar-refractivity contribution in [2.24, 2.45) is 0 Å². The van der Waals surface area contributed by atoms with E-state index in [2.05, 4.69) is 20.8 Å². The number of aliphatic hydroxyl groups is 1. The Kier molecular flexibility index (Phi) is 5.35. The highest BCUT2D eigenvalue weighted by Gasteiger charge is 2.08. The zero-order valence-electron chi connectivity index (χ0n) is 10.1. The van der Waals surface area contributed by atoms with Crippen molar-refractivity contribution in [3.63, 3.8) is 0 Å². The lowest BCUT2D eigenvalue weighted by Crippen LogP contribution is -2.22. The van der Waals surface area contributed by atoms with E-state index in [1.165, 1.54) is 0 Å². The minimum atomic E-state index is -0.258. The molecule has 17 heavy (non-hydrogen) atoms. The molecule has 0 saturated carbocycles. The van der Waals surface area contributed by atoms with Gasteiger partial charge in [-0.05, 0) is 25.0 Å². The van der Waals surface area contributed by atoms with Gasteiger partial charge in [0.2, 0.25) is 0 Å². The molecule has 0 saturated heterocycles. The molecular weight excluding hydrogens is 220 g/mol. The van der Waals surface area contributed by atoms with Gasteiger partial charge in [0.25, 0.3) is 5.91 Å². The Labute approximate surface area is 100 Å². The first kappa shape index (κ1) is 13.4. The van der Waals surface area contributed by atoms with Crippen LogP contribution in [0.5, 0.6) is 0 Å². The molecule has 94 valence electrons. The Hall–Kier alpha value is -1.69. The van der Waals surface area contributed by atoms with Crippen molar-refractivity contribution in [3.8, 4) is 0 Å². The normalized spacial score (nSPS) is 11.9. The Balaban J connectivity index is 2.64. The lowest BCUT2D eigenvalue weighted by molar-refractivity contribution is 0.0957. The fraction of sp³-hybridized carbons (Fsp3) is 0.545. The third-order valence-corrected chi connectivity index (χ3v) is 2.45. The number of aromatic nitrogens is 2. The Morgan fingerprint density at radius 1 is 1.47 bits per heavy atom. The Morgan fingerprint density at radius 3 is 2.71 bits per heavy atom. The fourth-order valence-electron chi connectivity index (χ4n) is 1.40. The second-order valence-corrected chi connectivity index (χ2v) is 3.64. The smallest absolute Gasteiger partial charge is 0.271 e. The third-order valence-electron chi connectivity index (χ3n) is 2.45. The molecule has 1 atom stereocenters. The molecule has 1 rings (SSSR count). The molecule has 0 aliphatic heterocycles. The number of amides is 1. The van der Waals surface area contributed by atoms with Gasteiger partial charge in [-0.3, -0.25) is 4.79 Å². The van der Waals surface area contributed by atoms with Gasteiger partial charge in [-0.25, -0.2) is 0 Å². The topological polar surface area (TPSA) is 87.1 Å². The van der Waals surface area contributed by atoms with Crippen LogP contribution in [0.1, 0.15) is 30.3 Å². The molecule has 0 spiro atoms. The van der Waals surface area contributed by atoms with Crippen LogP contribution in [0.15, 0.2) is 12.1 Å². The molecule has 0 radical (unpaired) electrons. The average Bonchev–Trinajstić information content (AvgIpc) is 2.38. The zero-order valence-corrected chi connectivity index (χ0v) is 10.1. The van der Waals surface area contributed by atoms with Crippen molar-refractivity contribution in [1.29, 1.82) is 0 Å². The van der Waals surface area contributed by atoms with Crippen LogP contribution in [0.3, 0.4) is 0 Å². The summed E-state index contributed by atoms with van der Waals surface area (Å²) in [5.41, 5.74) is 0.285. The number of hydrogen-bond acceptors (Lipinski definition) is 5. The number of rotatable bonds is 6. The second-order valence-electron chi connectivity index (χ2n) is 3.64. The first-order chi connectivity index (χ1) is 8.21. The standard InChI is InChI=1S/C11H18N4O2/c1-3-8(6-7-16)13-10-5-4-9(14-15-10)11(17)12-2/h4-5,8,16H,3,6-7H2,1-2H3,(H,12,17)(H,13,15). The predicted octanol–water partition coefficient (Wildman–Crippen LogP) is 0.409. The summed E-state index contributed by atoms with van der Waals surface area (Å²) < 4.78 is 0. The van der Waals surface area contributed by atoms with E-state index in [0.717, 1.165) is 6.42 Å². The van der Waals surface area contributed by atoms with Crippen LogP contribution >= 0.6 is 0 Å². The van der Waals surface area contributed by atoms with E-state index in [0.29, 0.717) is 12.2 Å². The molecule has 6 heteroatoms. The number of anilines is 1. The van der Waals surface area contributed by atoms with Crippen molar-refractivity contribution in [2.45, 2.75) is 25.8 Å². The van der Waals surface area contributed by atoms with E-state index in [1.807, 2.05) is 6.92 Å². The lowest BCUT2D eigenvalue weighted by Gasteiger charge is -2.15. The quantitative estimate of drug-likeness (QED) is 0.668. The van der Waals surface area contributed by atoms with E-state index in [1.54, 1.807) is 19.2 Å². The van der Waals surface area contributed by atoms with Gasteiger partial charge >= 0.3 is 0 Å². The Morgan fingerprint density at radius 2 is 2.24 bits per heavy atom. The zero-order chi connectivity index (χ0) is 12.7. The van der Waals surface area contributed by atoms with Crippen molar-refractivity contribution in [3.05, 3.63) is 17.8 Å². The van der Waals surface area contributed by atoms with Gasteiger partial charge in [-0.15, -0.1) is 10.2 Å². The number of carbonyl (C=O) groups is 1. The van der Waals surface area contributed by atoms with E-state index < -0.39 is 0 Å². The molecular formula is C11H18N4O2. The highest BCUT2D eigenvalue weighted by Crippen LogP contribution is 2.08. The molecule has 0 fully saturated rings. The first-order valence-corrected chi connectivity index (χ1v) is 5.64. The molecule has 1 aromatic heterocycles. The van der Waals surface area contributed by atoms with Crippen LogP contribution < -0.4 is 10.6 Å². The second kappa shape index (κ2) is 6.80. The minimum Gasteiger partial charge on any atom is -0.396 e. The molecule has 0 aliphatic rings. The van der Waals surface area contributed by atoms with Gasteiger partial charge in [-0.1, -0.05) is 6.92 Å². The summed E-state index contributed by atoms with van der Waals surface area (Å²) in [6, 6.07) is 3.48. The van der Waals surface area contributed by atoms with Gasteiger partial charge < -0.3 is 15.7 Å². The maximum atomic E-state index is 11.2. The van der Waals surface area contributed by atoms with Crippen LogP contribution in [-0.4, -0.2) is 40.9 Å². The molecule has 1 unspecified atom stereocenters. The van der Waals surface area contributed by atoms with Crippen molar-refractivity contribution in [1.82, 2.24) is 15.5 Å². The molecule has 0 bridgehead atoms. The minimum absolute atomic E-state index is 0.134. The van der Waals surface area contributed by atoms with Crippen LogP contribution in [0.4, 0.5) is 5.82 Å². The molecule has 0 aliphatic carbocycles. The molecule has 3 N–H and O–H groups in total. The van der Waals surface area contributed by atoms with E-state index in [-0.39, 0.29) is 24.2 Å². The monoisotopic (exact) mass is 238 g/mol. The maximum Gasteiger partial charge on any atom is 0.271 e. The molecule has 1 amide bonds. The summed E-state index contributed by atoms with van der Waals surface area (Å²) in [6.45, 7) is 2.16.